The van der Waals surface area contributed by atoms with E-state index in [2.05, 4.69) is 10.3 Å². The minimum atomic E-state index is -0.120. The van der Waals surface area contributed by atoms with Crippen LogP contribution in [0.4, 0.5) is 0 Å². The van der Waals surface area contributed by atoms with Gasteiger partial charge < -0.3 is 19.5 Å². The lowest BCUT2D eigenvalue weighted by molar-refractivity contribution is -0.116. The zero-order chi connectivity index (χ0) is 16.9. The molecule has 0 saturated carbocycles. The van der Waals surface area contributed by atoms with Gasteiger partial charge in [-0.3, -0.25) is 4.79 Å². The number of carbonyl (C=O) groups is 1. The van der Waals surface area contributed by atoms with Crippen molar-refractivity contribution in [1.29, 1.82) is 0 Å². The van der Waals surface area contributed by atoms with Crippen LogP contribution in [0.15, 0.2) is 53.3 Å². The number of nitrogens with one attached hydrogen (secondary N) is 2. The molecule has 2 N–H and O–H groups in total. The van der Waals surface area contributed by atoms with Crippen LogP contribution in [0, 0.1) is 0 Å². The molecule has 0 unspecified atom stereocenters. The summed E-state index contributed by atoms with van der Waals surface area (Å²) in [6.07, 6.45) is 5.88. The van der Waals surface area contributed by atoms with Crippen LogP contribution in [0.5, 0.6) is 5.75 Å². The zero-order valence-electron chi connectivity index (χ0n) is 13.8. The molecular weight excluding hydrogens is 304 g/mol. The summed E-state index contributed by atoms with van der Waals surface area (Å²) in [5.41, 5.74) is 3.00. The summed E-state index contributed by atoms with van der Waals surface area (Å²) in [6.45, 7) is 2.42. The smallest absolute Gasteiger partial charge is 0.244 e. The number of ether oxygens (including phenoxy) is 1. The standard InChI is InChI=1S/C19H20N2O3/c1-13(18-4-3-9-24-18)10-19(22)20-8-7-14-12-21-17-11-15(23-2)5-6-16(14)17/h3-6,9-12,21H,7-8H2,1-2H3,(H,20,22). The van der Waals surface area contributed by atoms with Gasteiger partial charge in [-0.25, -0.2) is 0 Å². The fourth-order valence-electron chi connectivity index (χ4n) is 2.64. The molecule has 0 radical (unpaired) electrons. The van der Waals surface area contributed by atoms with Crippen molar-refractivity contribution in [1.82, 2.24) is 10.3 Å². The van der Waals surface area contributed by atoms with E-state index >= 15 is 0 Å². The van der Waals surface area contributed by atoms with E-state index in [9.17, 15) is 4.79 Å². The lowest BCUT2D eigenvalue weighted by Crippen LogP contribution is -2.23. The molecule has 1 amide bonds. The first-order valence-electron chi connectivity index (χ1n) is 7.81. The first kappa shape index (κ1) is 15.9. The van der Waals surface area contributed by atoms with Gasteiger partial charge in [0.2, 0.25) is 5.91 Å². The van der Waals surface area contributed by atoms with Gasteiger partial charge in [0.25, 0.3) is 0 Å². The highest BCUT2D eigenvalue weighted by atomic mass is 16.5. The van der Waals surface area contributed by atoms with Crippen molar-refractivity contribution in [2.24, 2.45) is 0 Å². The number of rotatable bonds is 6. The summed E-state index contributed by atoms with van der Waals surface area (Å²) < 4.78 is 10.5. The Bertz CT molecular complexity index is 860. The van der Waals surface area contributed by atoms with Crippen molar-refractivity contribution < 1.29 is 13.9 Å². The molecule has 0 aliphatic heterocycles. The third-order valence-electron chi connectivity index (χ3n) is 3.93. The summed E-state index contributed by atoms with van der Waals surface area (Å²) in [4.78, 5) is 15.2. The van der Waals surface area contributed by atoms with E-state index in [1.54, 1.807) is 25.5 Å². The van der Waals surface area contributed by atoms with Gasteiger partial charge in [-0.05, 0) is 48.7 Å². The van der Waals surface area contributed by atoms with Gasteiger partial charge >= 0.3 is 0 Å². The van der Waals surface area contributed by atoms with E-state index in [1.165, 1.54) is 5.56 Å². The van der Waals surface area contributed by atoms with Crippen molar-refractivity contribution >= 4 is 22.4 Å². The largest absolute Gasteiger partial charge is 0.497 e. The van der Waals surface area contributed by atoms with Gasteiger partial charge in [0.1, 0.15) is 11.5 Å². The molecule has 5 heteroatoms. The summed E-state index contributed by atoms with van der Waals surface area (Å²) in [5, 5.41) is 4.05. The van der Waals surface area contributed by atoms with E-state index in [1.807, 2.05) is 37.4 Å². The Morgan fingerprint density at radius 3 is 3.00 bits per heavy atom. The molecule has 5 nitrogen and oxygen atoms in total. The Kier molecular flexibility index (Phi) is 4.70. The number of hydrogen-bond donors (Lipinski definition) is 2. The van der Waals surface area contributed by atoms with Crippen LogP contribution in [-0.2, 0) is 11.2 Å². The quantitative estimate of drug-likeness (QED) is 0.682. The topological polar surface area (TPSA) is 67.3 Å². The Morgan fingerprint density at radius 2 is 2.25 bits per heavy atom. The lowest BCUT2D eigenvalue weighted by Gasteiger charge is -2.03. The number of H-pyrrole nitrogens is 1. The summed E-state index contributed by atoms with van der Waals surface area (Å²) in [5.74, 6) is 1.41. The second-order valence-electron chi connectivity index (χ2n) is 5.57. The molecule has 3 rings (SSSR count). The number of aromatic nitrogens is 1. The molecule has 0 fully saturated rings. The van der Waals surface area contributed by atoms with E-state index in [-0.39, 0.29) is 5.91 Å². The van der Waals surface area contributed by atoms with Crippen LogP contribution in [0.1, 0.15) is 18.2 Å². The first-order valence-corrected chi connectivity index (χ1v) is 7.81. The lowest BCUT2D eigenvalue weighted by atomic mass is 10.1. The highest BCUT2D eigenvalue weighted by molar-refractivity contribution is 5.94. The molecule has 0 bridgehead atoms. The molecule has 2 aromatic heterocycles. The first-order chi connectivity index (χ1) is 11.7. The van der Waals surface area contributed by atoms with Crippen molar-refractivity contribution in [3.8, 4) is 5.75 Å². The van der Waals surface area contributed by atoms with Crippen LogP contribution in [0.3, 0.4) is 0 Å². The van der Waals surface area contributed by atoms with Gasteiger partial charge in [0.15, 0.2) is 0 Å². The SMILES string of the molecule is COc1ccc2c(CCNC(=O)C=C(C)c3ccco3)c[nH]c2c1. The number of aromatic amines is 1. The third-order valence-corrected chi connectivity index (χ3v) is 3.93. The highest BCUT2D eigenvalue weighted by Gasteiger charge is 2.06. The predicted molar refractivity (Wildman–Crippen MR) is 93.9 cm³/mol. The van der Waals surface area contributed by atoms with Crippen LogP contribution < -0.4 is 10.1 Å². The van der Waals surface area contributed by atoms with Crippen LogP contribution in [0.2, 0.25) is 0 Å². The fourth-order valence-corrected chi connectivity index (χ4v) is 2.64. The van der Waals surface area contributed by atoms with Gasteiger partial charge in [0, 0.05) is 35.8 Å². The molecule has 124 valence electrons. The number of amides is 1. The Labute approximate surface area is 140 Å². The molecule has 0 atom stereocenters. The fraction of sp³-hybridized carbons (Fsp3) is 0.211. The Balaban J connectivity index is 1.58. The van der Waals surface area contributed by atoms with Gasteiger partial charge in [-0.1, -0.05) is 0 Å². The van der Waals surface area contributed by atoms with Crippen molar-refractivity contribution in [3.05, 3.63) is 60.2 Å². The van der Waals surface area contributed by atoms with Gasteiger partial charge in [0.05, 0.1) is 13.4 Å². The van der Waals surface area contributed by atoms with Gasteiger partial charge in [-0.15, -0.1) is 0 Å². The Hall–Kier alpha value is -2.95. The van der Waals surface area contributed by atoms with Crippen LogP contribution in [0.25, 0.3) is 16.5 Å². The molecule has 0 aliphatic rings. The summed E-state index contributed by atoms with van der Waals surface area (Å²) in [7, 11) is 1.65. The zero-order valence-corrected chi connectivity index (χ0v) is 13.8. The molecule has 3 aromatic rings. The normalized spacial score (nSPS) is 11.7. The highest BCUT2D eigenvalue weighted by Crippen LogP contribution is 2.23. The summed E-state index contributed by atoms with van der Waals surface area (Å²) in [6, 6.07) is 9.57. The predicted octanol–water partition coefficient (Wildman–Crippen LogP) is 3.53. The second-order valence-corrected chi connectivity index (χ2v) is 5.57. The average Bonchev–Trinajstić information content (AvgIpc) is 3.24. The van der Waals surface area contributed by atoms with E-state index in [0.717, 1.165) is 28.6 Å². The second kappa shape index (κ2) is 7.08. The maximum absolute atomic E-state index is 12.0. The monoisotopic (exact) mass is 324 g/mol. The number of fused-ring (bicyclic) bond motifs is 1. The number of carbonyl (C=O) groups excluding carboxylic acids is 1. The molecule has 1 aromatic carbocycles. The maximum atomic E-state index is 12.0. The molecule has 0 spiro atoms. The molecule has 0 aliphatic carbocycles. The molecule has 24 heavy (non-hydrogen) atoms. The number of methoxy groups -OCH3 is 1. The minimum Gasteiger partial charge on any atom is -0.497 e. The average molecular weight is 324 g/mol. The van der Waals surface area contributed by atoms with E-state index < -0.39 is 0 Å². The number of benzene rings is 1. The molecular formula is C19H20N2O3. The number of furan rings is 1. The van der Waals surface area contributed by atoms with Crippen molar-refractivity contribution in [3.63, 3.8) is 0 Å². The molecule has 2 heterocycles. The number of hydrogen-bond acceptors (Lipinski definition) is 3. The van der Waals surface area contributed by atoms with E-state index in [4.69, 9.17) is 9.15 Å². The van der Waals surface area contributed by atoms with Gasteiger partial charge in [-0.2, -0.15) is 0 Å². The van der Waals surface area contributed by atoms with Crippen LogP contribution >= 0.6 is 0 Å². The molecule has 0 saturated heterocycles. The maximum Gasteiger partial charge on any atom is 0.244 e. The van der Waals surface area contributed by atoms with E-state index in [0.29, 0.717) is 12.3 Å². The third kappa shape index (κ3) is 3.51. The Morgan fingerprint density at radius 1 is 1.38 bits per heavy atom. The number of allylic oxidation sites excluding steroid dienone is 1. The van der Waals surface area contributed by atoms with Crippen molar-refractivity contribution in [2.45, 2.75) is 13.3 Å². The minimum absolute atomic E-state index is 0.120. The summed E-state index contributed by atoms with van der Waals surface area (Å²) >= 11 is 0. The van der Waals surface area contributed by atoms with Crippen molar-refractivity contribution in [2.75, 3.05) is 13.7 Å². The van der Waals surface area contributed by atoms with Crippen LogP contribution in [-0.4, -0.2) is 24.5 Å².